The number of esters is 1. The molecule has 2 atom stereocenters. The second-order valence-electron chi connectivity index (χ2n) is 3.81. The molecule has 0 unspecified atom stereocenters. The molecular formula is C10H14O2. The van der Waals surface area contributed by atoms with E-state index in [9.17, 15) is 4.79 Å². The summed E-state index contributed by atoms with van der Waals surface area (Å²) in [5.41, 5.74) is -0.252. The van der Waals surface area contributed by atoms with Crippen LogP contribution in [-0.4, -0.2) is 12.6 Å². The molecule has 2 heteroatoms. The zero-order valence-corrected chi connectivity index (χ0v) is 7.38. The van der Waals surface area contributed by atoms with Gasteiger partial charge in [0.25, 0.3) is 0 Å². The Balaban J connectivity index is 2.29. The summed E-state index contributed by atoms with van der Waals surface area (Å²) < 4.78 is 5.10. The summed E-state index contributed by atoms with van der Waals surface area (Å²) in [6.07, 6.45) is 7.14. The Labute approximate surface area is 72.6 Å². The van der Waals surface area contributed by atoms with E-state index in [0.717, 1.165) is 19.3 Å². The first-order chi connectivity index (χ1) is 5.76. The Morgan fingerprint density at radius 1 is 1.67 bits per heavy atom. The maximum atomic E-state index is 11.6. The summed E-state index contributed by atoms with van der Waals surface area (Å²) in [5.74, 6) is 0.451. The van der Waals surface area contributed by atoms with Crippen LogP contribution in [0.25, 0.3) is 0 Å². The molecule has 12 heavy (non-hydrogen) atoms. The van der Waals surface area contributed by atoms with E-state index in [4.69, 9.17) is 4.74 Å². The fourth-order valence-corrected chi connectivity index (χ4v) is 2.20. The minimum atomic E-state index is -0.252. The van der Waals surface area contributed by atoms with E-state index in [-0.39, 0.29) is 11.4 Å². The lowest BCUT2D eigenvalue weighted by Crippen LogP contribution is -2.40. The first-order valence-corrected chi connectivity index (χ1v) is 4.61. The summed E-state index contributed by atoms with van der Waals surface area (Å²) in [5, 5.41) is 0. The average molecular weight is 166 g/mol. The summed E-state index contributed by atoms with van der Waals surface area (Å²) in [7, 11) is 0. The lowest BCUT2D eigenvalue weighted by molar-refractivity contribution is -0.162. The van der Waals surface area contributed by atoms with E-state index in [2.05, 4.69) is 19.1 Å². The van der Waals surface area contributed by atoms with Crippen molar-refractivity contribution in [2.75, 3.05) is 6.61 Å². The lowest BCUT2D eigenvalue weighted by atomic mass is 9.73. The molecule has 0 amide bonds. The Morgan fingerprint density at radius 2 is 2.50 bits per heavy atom. The molecule has 0 aromatic rings. The van der Waals surface area contributed by atoms with Crippen LogP contribution in [0.15, 0.2) is 12.2 Å². The monoisotopic (exact) mass is 166 g/mol. The fourth-order valence-electron chi connectivity index (χ4n) is 2.20. The Kier molecular flexibility index (Phi) is 1.71. The van der Waals surface area contributed by atoms with Gasteiger partial charge < -0.3 is 4.74 Å². The third kappa shape index (κ3) is 0.904. The number of carbonyl (C=O) groups excluding carboxylic acids is 1. The van der Waals surface area contributed by atoms with Gasteiger partial charge in [-0.15, -0.1) is 0 Å². The molecule has 0 aromatic heterocycles. The molecule has 0 N–H and O–H groups in total. The van der Waals surface area contributed by atoms with Gasteiger partial charge in [-0.1, -0.05) is 19.1 Å². The normalized spacial score (nSPS) is 40.4. The number of carbonyl (C=O) groups is 1. The number of hydrogen-bond donors (Lipinski definition) is 0. The van der Waals surface area contributed by atoms with Crippen molar-refractivity contribution in [1.29, 1.82) is 0 Å². The predicted octanol–water partition coefficient (Wildman–Crippen LogP) is 1.91. The number of hydrogen-bond acceptors (Lipinski definition) is 2. The predicted molar refractivity (Wildman–Crippen MR) is 45.5 cm³/mol. The molecule has 2 rings (SSSR count). The molecule has 2 nitrogen and oxygen atoms in total. The Morgan fingerprint density at radius 3 is 3.08 bits per heavy atom. The van der Waals surface area contributed by atoms with E-state index in [1.807, 2.05) is 0 Å². The zero-order chi connectivity index (χ0) is 8.60. The highest BCUT2D eigenvalue weighted by Gasteiger charge is 2.46. The van der Waals surface area contributed by atoms with Crippen LogP contribution in [0.4, 0.5) is 0 Å². The van der Waals surface area contributed by atoms with Crippen molar-refractivity contribution in [2.24, 2.45) is 11.3 Å². The standard InChI is InChI=1S/C10H14O2/c1-8-4-7-12-9(11)10(8)5-2-3-6-10/h2,5,8H,3-4,6-7H2,1H3/t8-,10-/m1/s1. The van der Waals surface area contributed by atoms with Crippen LogP contribution in [0.1, 0.15) is 26.2 Å². The summed E-state index contributed by atoms with van der Waals surface area (Å²) >= 11 is 0. The van der Waals surface area contributed by atoms with Gasteiger partial charge in [0, 0.05) is 0 Å². The maximum Gasteiger partial charge on any atom is 0.316 e. The Bertz CT molecular complexity index is 232. The highest BCUT2D eigenvalue weighted by molar-refractivity contribution is 5.80. The number of ether oxygens (including phenoxy) is 1. The van der Waals surface area contributed by atoms with Crippen LogP contribution in [0.3, 0.4) is 0 Å². The van der Waals surface area contributed by atoms with Gasteiger partial charge in [-0.3, -0.25) is 4.79 Å². The first kappa shape index (κ1) is 7.84. The van der Waals surface area contributed by atoms with Crippen LogP contribution in [0.2, 0.25) is 0 Å². The van der Waals surface area contributed by atoms with Crippen LogP contribution in [-0.2, 0) is 9.53 Å². The van der Waals surface area contributed by atoms with Crippen molar-refractivity contribution in [3.8, 4) is 0 Å². The third-order valence-corrected chi connectivity index (χ3v) is 3.18. The molecule has 1 aliphatic carbocycles. The summed E-state index contributed by atoms with van der Waals surface area (Å²) in [6, 6.07) is 0. The van der Waals surface area contributed by atoms with Crippen LogP contribution < -0.4 is 0 Å². The zero-order valence-electron chi connectivity index (χ0n) is 7.38. The molecule has 1 spiro atoms. The number of cyclic esters (lactones) is 1. The van der Waals surface area contributed by atoms with Gasteiger partial charge in [0.1, 0.15) is 0 Å². The van der Waals surface area contributed by atoms with E-state index < -0.39 is 0 Å². The molecular weight excluding hydrogens is 152 g/mol. The van der Waals surface area contributed by atoms with E-state index in [0.29, 0.717) is 12.5 Å². The molecule has 0 saturated carbocycles. The van der Waals surface area contributed by atoms with Gasteiger partial charge in [-0.2, -0.15) is 0 Å². The second-order valence-corrected chi connectivity index (χ2v) is 3.81. The van der Waals surface area contributed by atoms with Gasteiger partial charge in [0.15, 0.2) is 0 Å². The van der Waals surface area contributed by atoms with Crippen LogP contribution in [0.5, 0.6) is 0 Å². The molecule has 0 radical (unpaired) electrons. The van der Waals surface area contributed by atoms with Crippen molar-refractivity contribution >= 4 is 5.97 Å². The van der Waals surface area contributed by atoms with Crippen molar-refractivity contribution in [3.05, 3.63) is 12.2 Å². The Hall–Kier alpha value is -0.790. The number of rotatable bonds is 0. The molecule has 1 aliphatic heterocycles. The molecule has 1 fully saturated rings. The highest BCUT2D eigenvalue weighted by atomic mass is 16.5. The van der Waals surface area contributed by atoms with Crippen molar-refractivity contribution in [3.63, 3.8) is 0 Å². The quantitative estimate of drug-likeness (QED) is 0.406. The van der Waals surface area contributed by atoms with E-state index in [1.54, 1.807) is 0 Å². The minimum Gasteiger partial charge on any atom is -0.465 e. The van der Waals surface area contributed by atoms with Crippen LogP contribution in [0, 0.1) is 11.3 Å². The smallest absolute Gasteiger partial charge is 0.316 e. The van der Waals surface area contributed by atoms with Crippen molar-refractivity contribution < 1.29 is 9.53 Å². The third-order valence-electron chi connectivity index (χ3n) is 3.18. The maximum absolute atomic E-state index is 11.6. The second kappa shape index (κ2) is 2.61. The largest absolute Gasteiger partial charge is 0.465 e. The van der Waals surface area contributed by atoms with Gasteiger partial charge in [0.05, 0.1) is 12.0 Å². The SMILES string of the molecule is C[C@@H]1CCOC(=O)[C@@]12C=CCC2. The van der Waals surface area contributed by atoms with Gasteiger partial charge in [-0.05, 0) is 25.2 Å². The summed E-state index contributed by atoms with van der Waals surface area (Å²) in [4.78, 5) is 11.6. The van der Waals surface area contributed by atoms with Crippen molar-refractivity contribution in [1.82, 2.24) is 0 Å². The fraction of sp³-hybridized carbons (Fsp3) is 0.700. The van der Waals surface area contributed by atoms with E-state index >= 15 is 0 Å². The minimum absolute atomic E-state index is 0.00463. The first-order valence-electron chi connectivity index (χ1n) is 4.61. The van der Waals surface area contributed by atoms with Crippen LogP contribution >= 0.6 is 0 Å². The van der Waals surface area contributed by atoms with Crippen molar-refractivity contribution in [2.45, 2.75) is 26.2 Å². The molecule has 66 valence electrons. The molecule has 1 saturated heterocycles. The summed E-state index contributed by atoms with van der Waals surface area (Å²) in [6.45, 7) is 2.76. The highest BCUT2D eigenvalue weighted by Crippen LogP contribution is 2.44. The molecule has 0 aromatic carbocycles. The molecule has 1 heterocycles. The number of allylic oxidation sites excluding steroid dienone is 1. The average Bonchev–Trinajstić information content (AvgIpc) is 2.50. The lowest BCUT2D eigenvalue weighted by Gasteiger charge is -2.35. The van der Waals surface area contributed by atoms with Gasteiger partial charge in [0.2, 0.25) is 0 Å². The molecule has 2 aliphatic rings. The van der Waals surface area contributed by atoms with Gasteiger partial charge >= 0.3 is 5.97 Å². The molecule has 0 bridgehead atoms. The van der Waals surface area contributed by atoms with E-state index in [1.165, 1.54) is 0 Å². The topological polar surface area (TPSA) is 26.3 Å². The van der Waals surface area contributed by atoms with Gasteiger partial charge in [-0.25, -0.2) is 0 Å².